The van der Waals surface area contributed by atoms with Crippen molar-refractivity contribution in [2.45, 2.75) is 17.9 Å². The molecule has 1 aromatic carbocycles. The average Bonchev–Trinajstić information content (AvgIpc) is 2.25. The van der Waals surface area contributed by atoms with E-state index in [1.165, 1.54) is 12.1 Å². The minimum Gasteiger partial charge on any atom is -0.478 e. The molecule has 0 spiro atoms. The number of hydrogen-bond donors (Lipinski definition) is 3. The van der Waals surface area contributed by atoms with Crippen molar-refractivity contribution in [1.82, 2.24) is 9.62 Å². The van der Waals surface area contributed by atoms with Crippen LogP contribution >= 0.6 is 0 Å². The van der Waals surface area contributed by atoms with Crippen LogP contribution < -0.4 is 10.5 Å². The maximum atomic E-state index is 12.2. The molecule has 4 N–H and O–H groups in total. The molecule has 0 saturated heterocycles. The summed E-state index contributed by atoms with van der Waals surface area (Å²) >= 11 is 0. The van der Waals surface area contributed by atoms with E-state index in [1.807, 2.05) is 19.0 Å². The molecule has 0 heterocycles. The van der Waals surface area contributed by atoms with Crippen LogP contribution in [0.1, 0.15) is 17.3 Å². The summed E-state index contributed by atoms with van der Waals surface area (Å²) in [6, 6.07) is 3.24. The molecule has 1 atom stereocenters. The number of nitrogen functional groups attached to an aromatic ring is 1. The molecule has 0 aliphatic carbocycles. The van der Waals surface area contributed by atoms with Crippen LogP contribution in [0.15, 0.2) is 23.1 Å². The maximum Gasteiger partial charge on any atom is 0.335 e. The molecule has 8 heteroatoms. The van der Waals surface area contributed by atoms with E-state index in [4.69, 9.17) is 10.8 Å². The molecule has 0 fully saturated rings. The van der Waals surface area contributed by atoms with Gasteiger partial charge in [-0.25, -0.2) is 17.9 Å². The lowest BCUT2D eigenvalue weighted by atomic mass is 10.2. The Bertz CT molecular complexity index is 599. The molecule has 1 unspecified atom stereocenters. The zero-order valence-electron chi connectivity index (χ0n) is 11.6. The first kappa shape index (κ1) is 16.4. The lowest BCUT2D eigenvalue weighted by Crippen LogP contribution is -2.39. The van der Waals surface area contributed by atoms with E-state index in [2.05, 4.69) is 4.72 Å². The fraction of sp³-hybridized carbons (Fsp3) is 0.417. The van der Waals surface area contributed by atoms with E-state index in [1.54, 1.807) is 6.92 Å². The summed E-state index contributed by atoms with van der Waals surface area (Å²) in [5.41, 5.74) is 5.49. The maximum absolute atomic E-state index is 12.2. The van der Waals surface area contributed by atoms with Crippen LogP contribution in [0.2, 0.25) is 0 Å². The molecule has 0 aromatic heterocycles. The van der Waals surface area contributed by atoms with E-state index in [-0.39, 0.29) is 22.2 Å². The SMILES string of the molecule is CC(CN(C)C)NS(=O)(=O)c1ccc(C(=O)O)cc1N. The third-order valence-electron chi connectivity index (χ3n) is 2.54. The van der Waals surface area contributed by atoms with Crippen LogP contribution in [0.5, 0.6) is 0 Å². The predicted octanol–water partition coefficient (Wildman–Crippen LogP) is 0.195. The van der Waals surface area contributed by atoms with Gasteiger partial charge in [0, 0.05) is 12.6 Å². The average molecular weight is 301 g/mol. The molecule has 0 aliphatic rings. The van der Waals surface area contributed by atoms with Gasteiger partial charge in [-0.05, 0) is 39.2 Å². The summed E-state index contributed by atoms with van der Waals surface area (Å²) < 4.78 is 26.8. The summed E-state index contributed by atoms with van der Waals surface area (Å²) in [5, 5.41) is 8.82. The van der Waals surface area contributed by atoms with E-state index < -0.39 is 16.0 Å². The highest BCUT2D eigenvalue weighted by molar-refractivity contribution is 7.89. The molecule has 7 nitrogen and oxygen atoms in total. The van der Waals surface area contributed by atoms with Gasteiger partial charge in [0.1, 0.15) is 4.90 Å². The standard InChI is InChI=1S/C12H19N3O4S/c1-8(7-15(2)3)14-20(18,19)11-5-4-9(12(16)17)6-10(11)13/h4-6,8,14H,7,13H2,1-3H3,(H,16,17). The van der Waals surface area contributed by atoms with Gasteiger partial charge >= 0.3 is 5.97 Å². The lowest BCUT2D eigenvalue weighted by molar-refractivity contribution is 0.0697. The third kappa shape index (κ3) is 4.19. The lowest BCUT2D eigenvalue weighted by Gasteiger charge is -2.19. The second-order valence-corrected chi connectivity index (χ2v) is 6.52. The van der Waals surface area contributed by atoms with Crippen LogP contribution in [0, 0.1) is 0 Å². The van der Waals surface area contributed by atoms with Crippen molar-refractivity contribution in [2.75, 3.05) is 26.4 Å². The number of rotatable bonds is 6. The Kier molecular flexibility index (Phi) is 5.09. The third-order valence-corrected chi connectivity index (χ3v) is 4.21. The van der Waals surface area contributed by atoms with Crippen LogP contribution in [0.4, 0.5) is 5.69 Å². The summed E-state index contributed by atoms with van der Waals surface area (Å²) in [6.45, 7) is 2.27. The minimum absolute atomic E-state index is 0.0530. The number of carboxylic acids is 1. The second kappa shape index (κ2) is 6.21. The molecule has 0 aliphatic heterocycles. The Morgan fingerprint density at radius 2 is 2.05 bits per heavy atom. The number of likely N-dealkylation sites (N-methyl/N-ethyl adjacent to an activating group) is 1. The first-order valence-corrected chi connectivity index (χ1v) is 7.41. The van der Waals surface area contributed by atoms with Crippen molar-refractivity contribution in [2.24, 2.45) is 0 Å². The van der Waals surface area contributed by atoms with E-state index in [9.17, 15) is 13.2 Å². The van der Waals surface area contributed by atoms with Crippen LogP contribution in [0.3, 0.4) is 0 Å². The molecule has 0 bridgehead atoms. The first-order valence-electron chi connectivity index (χ1n) is 5.93. The molecule has 0 radical (unpaired) electrons. The highest BCUT2D eigenvalue weighted by Crippen LogP contribution is 2.20. The number of carboxylic acid groups (broad SMARTS) is 1. The van der Waals surface area contributed by atoms with Gasteiger partial charge in [0.25, 0.3) is 0 Å². The zero-order chi connectivity index (χ0) is 15.5. The topological polar surface area (TPSA) is 113 Å². The Morgan fingerprint density at radius 3 is 2.50 bits per heavy atom. The van der Waals surface area contributed by atoms with Gasteiger partial charge in [-0.2, -0.15) is 0 Å². The summed E-state index contributed by atoms with van der Waals surface area (Å²) in [4.78, 5) is 12.5. The summed E-state index contributed by atoms with van der Waals surface area (Å²) in [5.74, 6) is -1.16. The highest BCUT2D eigenvalue weighted by atomic mass is 32.2. The number of nitrogens with zero attached hydrogens (tertiary/aromatic N) is 1. The number of hydrogen-bond acceptors (Lipinski definition) is 5. The second-order valence-electron chi connectivity index (χ2n) is 4.84. The molecule has 20 heavy (non-hydrogen) atoms. The van der Waals surface area contributed by atoms with Crippen molar-refractivity contribution in [3.8, 4) is 0 Å². The fourth-order valence-electron chi connectivity index (χ4n) is 1.84. The number of aromatic carboxylic acids is 1. The van der Waals surface area contributed by atoms with Crippen LogP contribution in [-0.2, 0) is 10.0 Å². The molecule has 112 valence electrons. The van der Waals surface area contributed by atoms with Crippen molar-refractivity contribution < 1.29 is 18.3 Å². The van der Waals surface area contributed by atoms with Gasteiger partial charge in [0.15, 0.2) is 0 Å². The highest BCUT2D eigenvalue weighted by Gasteiger charge is 2.21. The molecular formula is C12H19N3O4S. The number of nitrogens with two attached hydrogens (primary N) is 1. The van der Waals surface area contributed by atoms with Crippen LogP contribution in [0.25, 0.3) is 0 Å². The van der Waals surface area contributed by atoms with Crippen molar-refractivity contribution in [3.05, 3.63) is 23.8 Å². The van der Waals surface area contributed by atoms with Crippen molar-refractivity contribution >= 4 is 21.7 Å². The van der Waals surface area contributed by atoms with Crippen LogP contribution in [-0.4, -0.2) is 51.1 Å². The smallest absolute Gasteiger partial charge is 0.335 e. The Balaban J connectivity index is 3.01. The fourth-order valence-corrected chi connectivity index (χ4v) is 3.19. The monoisotopic (exact) mass is 301 g/mol. The summed E-state index contributed by atoms with van der Waals surface area (Å²) in [6.07, 6.45) is 0. The Hall–Kier alpha value is -1.64. The molecule has 1 aromatic rings. The minimum atomic E-state index is -3.77. The summed E-state index contributed by atoms with van der Waals surface area (Å²) in [7, 11) is -0.105. The first-order chi connectivity index (χ1) is 9.13. The van der Waals surface area contributed by atoms with Crippen molar-refractivity contribution in [3.63, 3.8) is 0 Å². The number of anilines is 1. The van der Waals surface area contributed by atoms with Gasteiger partial charge in [-0.15, -0.1) is 0 Å². The van der Waals surface area contributed by atoms with E-state index in [0.29, 0.717) is 6.54 Å². The van der Waals surface area contributed by atoms with Gasteiger partial charge in [0.05, 0.1) is 11.3 Å². The van der Waals surface area contributed by atoms with Gasteiger partial charge < -0.3 is 15.7 Å². The number of nitrogens with one attached hydrogen (secondary N) is 1. The Morgan fingerprint density at radius 1 is 1.45 bits per heavy atom. The molecule has 0 saturated carbocycles. The zero-order valence-corrected chi connectivity index (χ0v) is 12.4. The largest absolute Gasteiger partial charge is 0.478 e. The number of carbonyl (C=O) groups is 1. The molecule has 0 amide bonds. The van der Waals surface area contributed by atoms with Gasteiger partial charge in [0.2, 0.25) is 10.0 Å². The Labute approximate surface area is 118 Å². The number of sulfonamides is 1. The van der Waals surface area contributed by atoms with Gasteiger partial charge in [-0.3, -0.25) is 0 Å². The van der Waals surface area contributed by atoms with E-state index >= 15 is 0 Å². The molecule has 1 rings (SSSR count). The van der Waals surface area contributed by atoms with Gasteiger partial charge in [-0.1, -0.05) is 0 Å². The normalized spacial score (nSPS) is 13.4. The predicted molar refractivity (Wildman–Crippen MR) is 76.2 cm³/mol. The molecular weight excluding hydrogens is 282 g/mol. The number of benzene rings is 1. The van der Waals surface area contributed by atoms with Crippen molar-refractivity contribution in [1.29, 1.82) is 0 Å². The quantitative estimate of drug-likeness (QED) is 0.647. The van der Waals surface area contributed by atoms with E-state index in [0.717, 1.165) is 6.07 Å².